The summed E-state index contributed by atoms with van der Waals surface area (Å²) < 4.78 is 45.8. The van der Waals surface area contributed by atoms with Gasteiger partial charge < -0.3 is 14.6 Å². The van der Waals surface area contributed by atoms with E-state index in [0.717, 1.165) is 0 Å². The third kappa shape index (κ3) is 5.50. The Hall–Kier alpha value is -3.62. The second-order valence-corrected chi connectivity index (χ2v) is 6.53. The third-order valence-corrected chi connectivity index (χ3v) is 4.35. The standard InChI is InChI=1S/C22H18F3NO5/c1-2-30-19(29)11-10-17(27)21-18(28)12-14-4-3-5-16(20(14)26-21)13-6-8-15(9-7-13)31-22(23,24)25/h3-9,12,28H,2,10-11H2,1H3. The lowest BCUT2D eigenvalue weighted by molar-refractivity contribution is -0.274. The first kappa shape index (κ1) is 22.1. The maximum absolute atomic E-state index is 12.5. The first-order chi connectivity index (χ1) is 14.7. The molecule has 1 aromatic heterocycles. The molecule has 1 N–H and O–H groups in total. The molecule has 0 aliphatic carbocycles. The number of ketones is 1. The number of fused-ring (bicyclic) bond motifs is 1. The Balaban J connectivity index is 1.94. The number of aromatic nitrogens is 1. The lowest BCUT2D eigenvalue weighted by Gasteiger charge is -2.11. The Labute approximate surface area is 175 Å². The Bertz CT molecular complexity index is 1110. The number of hydrogen-bond donors (Lipinski definition) is 1. The van der Waals surface area contributed by atoms with Crippen molar-refractivity contribution in [2.24, 2.45) is 0 Å². The van der Waals surface area contributed by atoms with Crippen LogP contribution in [0, 0.1) is 0 Å². The number of carbonyl (C=O) groups is 2. The number of alkyl halides is 3. The Kier molecular flexibility index (Phi) is 6.43. The summed E-state index contributed by atoms with van der Waals surface area (Å²) in [5.41, 5.74) is 1.28. The molecule has 0 aliphatic heterocycles. The van der Waals surface area contributed by atoms with Crippen molar-refractivity contribution in [3.63, 3.8) is 0 Å². The third-order valence-electron chi connectivity index (χ3n) is 4.35. The largest absolute Gasteiger partial charge is 0.573 e. The second kappa shape index (κ2) is 9.03. The molecule has 0 saturated heterocycles. The van der Waals surface area contributed by atoms with E-state index in [4.69, 9.17) is 4.74 Å². The molecule has 9 heteroatoms. The van der Waals surface area contributed by atoms with E-state index in [0.29, 0.717) is 22.0 Å². The lowest BCUT2D eigenvalue weighted by atomic mass is 10.0. The molecule has 0 bridgehead atoms. The zero-order valence-electron chi connectivity index (χ0n) is 16.4. The van der Waals surface area contributed by atoms with Crippen molar-refractivity contribution in [2.75, 3.05) is 6.61 Å². The molecule has 0 saturated carbocycles. The predicted molar refractivity (Wildman–Crippen MR) is 106 cm³/mol. The highest BCUT2D eigenvalue weighted by molar-refractivity contribution is 6.02. The van der Waals surface area contributed by atoms with Gasteiger partial charge in [-0.25, -0.2) is 4.98 Å². The average molecular weight is 433 g/mol. The van der Waals surface area contributed by atoms with Crippen molar-refractivity contribution >= 4 is 22.7 Å². The van der Waals surface area contributed by atoms with Crippen LogP contribution in [0.25, 0.3) is 22.0 Å². The minimum Gasteiger partial charge on any atom is -0.506 e. The molecule has 0 radical (unpaired) electrons. The van der Waals surface area contributed by atoms with Gasteiger partial charge in [0.1, 0.15) is 17.2 Å². The van der Waals surface area contributed by atoms with Crippen LogP contribution in [-0.2, 0) is 9.53 Å². The molecule has 31 heavy (non-hydrogen) atoms. The van der Waals surface area contributed by atoms with E-state index < -0.39 is 18.1 Å². The van der Waals surface area contributed by atoms with Crippen molar-refractivity contribution in [1.29, 1.82) is 0 Å². The van der Waals surface area contributed by atoms with Gasteiger partial charge in [-0.15, -0.1) is 13.2 Å². The molecule has 0 amide bonds. The summed E-state index contributed by atoms with van der Waals surface area (Å²) in [6, 6.07) is 11.7. The molecule has 0 unspecified atom stereocenters. The van der Waals surface area contributed by atoms with Crippen LogP contribution in [0.1, 0.15) is 30.3 Å². The van der Waals surface area contributed by atoms with Crippen molar-refractivity contribution in [1.82, 2.24) is 4.98 Å². The number of carbonyl (C=O) groups excluding carboxylic acids is 2. The zero-order valence-corrected chi connectivity index (χ0v) is 16.4. The number of benzene rings is 2. The fourth-order valence-corrected chi connectivity index (χ4v) is 3.03. The van der Waals surface area contributed by atoms with Crippen LogP contribution in [0.4, 0.5) is 13.2 Å². The Morgan fingerprint density at radius 2 is 1.77 bits per heavy atom. The van der Waals surface area contributed by atoms with Gasteiger partial charge in [0, 0.05) is 17.4 Å². The number of Topliss-reactive ketones (excluding diaryl/α,β-unsaturated/α-hetero) is 1. The molecule has 3 rings (SSSR count). The van der Waals surface area contributed by atoms with Crippen LogP contribution in [-0.4, -0.2) is 34.8 Å². The SMILES string of the molecule is CCOC(=O)CCC(=O)c1nc2c(-c3ccc(OC(F)(F)F)cc3)cccc2cc1O. The highest BCUT2D eigenvalue weighted by atomic mass is 19.4. The minimum atomic E-state index is -4.79. The number of halogens is 3. The van der Waals surface area contributed by atoms with Crippen LogP contribution in [0.5, 0.6) is 11.5 Å². The van der Waals surface area contributed by atoms with E-state index in [1.54, 1.807) is 25.1 Å². The van der Waals surface area contributed by atoms with E-state index in [1.807, 2.05) is 0 Å². The molecule has 3 aromatic rings. The Morgan fingerprint density at radius 1 is 1.06 bits per heavy atom. The molecule has 0 aliphatic rings. The Morgan fingerprint density at radius 3 is 2.42 bits per heavy atom. The van der Waals surface area contributed by atoms with Gasteiger partial charge >= 0.3 is 12.3 Å². The van der Waals surface area contributed by atoms with Gasteiger partial charge in [0.25, 0.3) is 0 Å². The van der Waals surface area contributed by atoms with Crippen molar-refractivity contribution in [3.05, 3.63) is 54.2 Å². The quantitative estimate of drug-likeness (QED) is 0.415. The van der Waals surface area contributed by atoms with E-state index >= 15 is 0 Å². The van der Waals surface area contributed by atoms with Crippen molar-refractivity contribution in [3.8, 4) is 22.6 Å². The molecule has 2 aromatic carbocycles. The highest BCUT2D eigenvalue weighted by Crippen LogP contribution is 2.32. The molecular weight excluding hydrogens is 415 g/mol. The first-order valence-electron chi connectivity index (χ1n) is 9.35. The summed E-state index contributed by atoms with van der Waals surface area (Å²) in [6.07, 6.45) is -5.12. The van der Waals surface area contributed by atoms with Gasteiger partial charge in [0.2, 0.25) is 0 Å². The van der Waals surface area contributed by atoms with Crippen molar-refractivity contribution in [2.45, 2.75) is 26.1 Å². The van der Waals surface area contributed by atoms with Gasteiger partial charge in [-0.3, -0.25) is 9.59 Å². The zero-order chi connectivity index (χ0) is 22.6. The molecule has 0 atom stereocenters. The summed E-state index contributed by atoms with van der Waals surface area (Å²) in [4.78, 5) is 28.3. The minimum absolute atomic E-state index is 0.145. The van der Waals surface area contributed by atoms with Gasteiger partial charge in [0.05, 0.1) is 18.5 Å². The second-order valence-electron chi connectivity index (χ2n) is 6.53. The van der Waals surface area contributed by atoms with Gasteiger partial charge in [-0.05, 0) is 30.7 Å². The van der Waals surface area contributed by atoms with Crippen LogP contribution in [0.2, 0.25) is 0 Å². The van der Waals surface area contributed by atoms with Crippen LogP contribution in [0.3, 0.4) is 0 Å². The number of hydrogen-bond acceptors (Lipinski definition) is 6. The number of para-hydroxylation sites is 1. The number of nitrogens with zero attached hydrogens (tertiary/aromatic N) is 1. The van der Waals surface area contributed by atoms with E-state index in [9.17, 15) is 27.9 Å². The maximum atomic E-state index is 12.5. The van der Waals surface area contributed by atoms with Crippen LogP contribution < -0.4 is 4.74 Å². The number of ether oxygens (including phenoxy) is 2. The molecule has 6 nitrogen and oxygen atoms in total. The average Bonchev–Trinajstić information content (AvgIpc) is 2.70. The molecular formula is C22H18F3NO5. The highest BCUT2D eigenvalue weighted by Gasteiger charge is 2.31. The molecule has 0 fully saturated rings. The van der Waals surface area contributed by atoms with Crippen molar-refractivity contribution < 1.29 is 37.3 Å². The fourth-order valence-electron chi connectivity index (χ4n) is 3.03. The smallest absolute Gasteiger partial charge is 0.506 e. The fraction of sp³-hybridized carbons (Fsp3) is 0.227. The summed E-state index contributed by atoms with van der Waals surface area (Å²) in [5.74, 6) is -1.75. The number of aromatic hydroxyl groups is 1. The summed E-state index contributed by atoms with van der Waals surface area (Å²) in [5, 5.41) is 10.8. The number of rotatable bonds is 7. The van der Waals surface area contributed by atoms with E-state index in [1.165, 1.54) is 30.3 Å². The molecule has 0 spiro atoms. The first-order valence-corrected chi connectivity index (χ1v) is 9.35. The molecule has 1 heterocycles. The van der Waals surface area contributed by atoms with Gasteiger partial charge in [-0.1, -0.05) is 30.3 Å². The van der Waals surface area contributed by atoms with Gasteiger partial charge in [0.15, 0.2) is 5.78 Å². The summed E-state index contributed by atoms with van der Waals surface area (Å²) in [6.45, 7) is 1.85. The maximum Gasteiger partial charge on any atom is 0.573 e. The predicted octanol–water partition coefficient (Wildman–Crippen LogP) is 5.03. The topological polar surface area (TPSA) is 85.7 Å². The lowest BCUT2D eigenvalue weighted by Crippen LogP contribution is -2.16. The summed E-state index contributed by atoms with van der Waals surface area (Å²) >= 11 is 0. The van der Waals surface area contributed by atoms with Crippen LogP contribution in [0.15, 0.2) is 48.5 Å². The van der Waals surface area contributed by atoms with Gasteiger partial charge in [-0.2, -0.15) is 0 Å². The number of esters is 1. The number of pyridine rings is 1. The summed E-state index contributed by atoms with van der Waals surface area (Å²) in [7, 11) is 0. The monoisotopic (exact) mass is 433 g/mol. The normalized spacial score (nSPS) is 11.4. The molecule has 162 valence electrons. The van der Waals surface area contributed by atoms with E-state index in [2.05, 4.69) is 9.72 Å². The van der Waals surface area contributed by atoms with E-state index in [-0.39, 0.29) is 36.6 Å². The van der Waals surface area contributed by atoms with Crippen LogP contribution >= 0.6 is 0 Å².